The second-order valence-electron chi connectivity index (χ2n) is 7.20. The maximum atomic E-state index is 4.07. The molecule has 0 saturated heterocycles. The van der Waals surface area contributed by atoms with Gasteiger partial charge in [-0.25, -0.2) is 0 Å². The summed E-state index contributed by atoms with van der Waals surface area (Å²) in [4.78, 5) is 0. The Labute approximate surface area is 136 Å². The molecule has 0 nitrogen and oxygen atoms in total. The first-order valence-electron chi connectivity index (χ1n) is 6.61. The molecule has 0 heterocycles. The summed E-state index contributed by atoms with van der Waals surface area (Å²) in [6.07, 6.45) is 7.31. The molecule has 0 spiro atoms. The molecule has 0 aromatic carbocycles. The highest BCUT2D eigenvalue weighted by Crippen LogP contribution is 2.96. The Balaban J connectivity index is 1.60. The molecule has 0 amide bonds. The zero-order valence-corrected chi connectivity index (χ0v) is 15.7. The Morgan fingerprint density at radius 2 is 1.18 bits per heavy atom. The molecule has 0 radical (unpaired) electrons. The van der Waals surface area contributed by atoms with Crippen LogP contribution in [0, 0.1) is 34.5 Å². The molecule has 5 aliphatic rings. The molecule has 0 unspecified atom stereocenters. The third kappa shape index (κ3) is 1.01. The largest absolute Gasteiger partial charge is 0.0929 e. The van der Waals surface area contributed by atoms with Gasteiger partial charge in [-0.15, -0.1) is 0 Å². The number of rotatable bonds is 0. The molecule has 0 bridgehead atoms. The van der Waals surface area contributed by atoms with Gasteiger partial charge in [-0.3, -0.25) is 0 Å². The smallest absolute Gasteiger partial charge is 0.0721 e. The maximum absolute atomic E-state index is 4.07. The van der Waals surface area contributed by atoms with Crippen molar-refractivity contribution in [3.63, 3.8) is 0 Å². The van der Waals surface area contributed by atoms with E-state index in [2.05, 4.69) is 63.7 Å². The average molecular weight is 490 g/mol. The van der Waals surface area contributed by atoms with E-state index in [9.17, 15) is 0 Å². The van der Waals surface area contributed by atoms with Gasteiger partial charge >= 0.3 is 0 Å². The molecule has 0 aromatic rings. The molecule has 6 atom stereocenters. The summed E-state index contributed by atoms with van der Waals surface area (Å²) in [5, 5.41) is 0. The highest BCUT2D eigenvalue weighted by atomic mass is 79.9. The van der Waals surface area contributed by atoms with Gasteiger partial charge in [0.15, 0.2) is 0 Å². The number of hydrogen-bond donors (Lipinski definition) is 0. The SMILES string of the molecule is BrC1(Br)[C@@H]2C[C@]34C[C@H]5C[C@H]5C[C@]3(C[C@H]21)C4(Br)Br. The summed E-state index contributed by atoms with van der Waals surface area (Å²) in [5.74, 6) is 3.86. The highest BCUT2D eigenvalue weighted by Gasteiger charge is 2.92. The van der Waals surface area contributed by atoms with Crippen molar-refractivity contribution in [2.45, 2.75) is 38.6 Å². The van der Waals surface area contributed by atoms with E-state index in [0.29, 0.717) is 10.8 Å². The number of hydrogen-bond acceptors (Lipinski definition) is 0. The fourth-order valence-corrected chi connectivity index (χ4v) is 9.95. The van der Waals surface area contributed by atoms with Crippen LogP contribution in [0.4, 0.5) is 0 Å². The van der Waals surface area contributed by atoms with Crippen molar-refractivity contribution in [2.75, 3.05) is 0 Å². The predicted octanol–water partition coefficient (Wildman–Crippen LogP) is 5.41. The van der Waals surface area contributed by atoms with Gasteiger partial charge in [0.05, 0.1) is 6.47 Å². The van der Waals surface area contributed by atoms with Crippen molar-refractivity contribution < 1.29 is 0 Å². The lowest BCUT2D eigenvalue weighted by molar-refractivity contribution is 0.157. The summed E-state index contributed by atoms with van der Waals surface area (Å²) < 4.78 is 0.564. The Morgan fingerprint density at radius 1 is 0.706 bits per heavy atom. The zero-order valence-electron chi connectivity index (χ0n) is 9.36. The zero-order chi connectivity index (χ0) is 11.8. The summed E-state index contributed by atoms with van der Waals surface area (Å²) in [6.45, 7) is 0. The van der Waals surface area contributed by atoms with E-state index in [1.165, 1.54) is 32.1 Å². The van der Waals surface area contributed by atoms with E-state index in [4.69, 9.17) is 0 Å². The Hall–Kier alpha value is 1.92. The topological polar surface area (TPSA) is 0 Å². The number of halogens is 4. The standard InChI is InChI=1S/C13H14Br4/c14-12(15)8-4-10-2-6-1-7(6)3-11(10,5-9(8)12)13(10,16)17/h6-9H,1-5H2/t6-,7+,8-,9-,10-,11-/m1/s1. The third-order valence-electron chi connectivity index (χ3n) is 6.85. The van der Waals surface area contributed by atoms with Crippen LogP contribution in [0.1, 0.15) is 32.1 Å². The lowest BCUT2D eigenvalue weighted by Gasteiger charge is -2.32. The number of fused-ring (bicyclic) bond motifs is 2. The first-order chi connectivity index (χ1) is 7.86. The summed E-state index contributed by atoms with van der Waals surface area (Å²) in [7, 11) is 0. The van der Waals surface area contributed by atoms with E-state index in [-0.39, 0.29) is 6.47 Å². The molecule has 0 aliphatic heterocycles. The molecule has 5 fully saturated rings. The van der Waals surface area contributed by atoms with Crippen LogP contribution >= 0.6 is 63.7 Å². The Bertz CT molecular complexity index is 409. The average Bonchev–Trinajstić information content (AvgIpc) is 3.14. The first-order valence-corrected chi connectivity index (χ1v) is 9.79. The minimum absolute atomic E-state index is 0.275. The van der Waals surface area contributed by atoms with Crippen LogP contribution in [-0.2, 0) is 0 Å². The molecular formula is C13H14Br4. The molecule has 5 saturated carbocycles. The first kappa shape index (κ1) is 11.6. The third-order valence-corrected chi connectivity index (χ3v) is 12.2. The summed E-state index contributed by atoms with van der Waals surface area (Å²) in [6, 6.07) is 0. The van der Waals surface area contributed by atoms with Crippen LogP contribution in [0.5, 0.6) is 0 Å². The Morgan fingerprint density at radius 3 is 1.65 bits per heavy atom. The van der Waals surface area contributed by atoms with Gasteiger partial charge in [0, 0.05) is 10.8 Å². The minimum Gasteiger partial charge on any atom is -0.0721 e. The van der Waals surface area contributed by atoms with Crippen LogP contribution in [-0.4, -0.2) is 6.47 Å². The van der Waals surface area contributed by atoms with Gasteiger partial charge < -0.3 is 0 Å². The minimum atomic E-state index is 0.275. The molecule has 4 heteroatoms. The van der Waals surface area contributed by atoms with Gasteiger partial charge in [-0.1, -0.05) is 63.7 Å². The molecule has 0 aromatic heterocycles. The fraction of sp³-hybridized carbons (Fsp3) is 1.00. The van der Waals surface area contributed by atoms with Gasteiger partial charge in [-0.2, -0.15) is 0 Å². The van der Waals surface area contributed by atoms with Crippen LogP contribution < -0.4 is 0 Å². The normalized spacial score (nSPS) is 67.1. The Kier molecular flexibility index (Phi) is 1.89. The molecular weight excluding hydrogens is 476 g/mol. The molecule has 5 rings (SSSR count). The van der Waals surface area contributed by atoms with Crippen molar-refractivity contribution in [1.29, 1.82) is 0 Å². The van der Waals surface area contributed by atoms with Crippen LogP contribution in [0.15, 0.2) is 0 Å². The summed E-state index contributed by atoms with van der Waals surface area (Å²) >= 11 is 16.0. The number of alkyl halides is 4. The molecule has 94 valence electrons. The summed E-state index contributed by atoms with van der Waals surface area (Å²) in [5.41, 5.74) is 1.14. The van der Waals surface area contributed by atoms with Crippen LogP contribution in [0.2, 0.25) is 0 Å². The van der Waals surface area contributed by atoms with Gasteiger partial charge in [-0.05, 0) is 55.8 Å². The van der Waals surface area contributed by atoms with Gasteiger partial charge in [0.1, 0.15) is 0 Å². The molecule has 5 aliphatic carbocycles. The highest BCUT2D eigenvalue weighted by molar-refractivity contribution is 9.26. The van der Waals surface area contributed by atoms with Crippen molar-refractivity contribution in [3.05, 3.63) is 0 Å². The second kappa shape index (κ2) is 2.78. The van der Waals surface area contributed by atoms with E-state index >= 15 is 0 Å². The van der Waals surface area contributed by atoms with E-state index < -0.39 is 0 Å². The van der Waals surface area contributed by atoms with E-state index in [1.807, 2.05) is 0 Å². The van der Waals surface area contributed by atoms with Gasteiger partial charge in [0.25, 0.3) is 0 Å². The lowest BCUT2D eigenvalue weighted by Crippen LogP contribution is -2.25. The van der Waals surface area contributed by atoms with Gasteiger partial charge in [0.2, 0.25) is 0 Å². The van der Waals surface area contributed by atoms with E-state index in [1.54, 1.807) is 0 Å². The van der Waals surface area contributed by atoms with Crippen LogP contribution in [0.25, 0.3) is 0 Å². The quantitative estimate of drug-likeness (QED) is 0.399. The van der Waals surface area contributed by atoms with E-state index in [0.717, 1.165) is 23.7 Å². The maximum Gasteiger partial charge on any atom is 0.0929 e. The monoisotopic (exact) mass is 486 g/mol. The lowest BCUT2D eigenvalue weighted by atomic mass is 9.71. The van der Waals surface area contributed by atoms with Crippen molar-refractivity contribution >= 4 is 63.7 Å². The molecule has 17 heavy (non-hydrogen) atoms. The van der Waals surface area contributed by atoms with Crippen molar-refractivity contribution in [2.24, 2.45) is 34.5 Å². The second-order valence-corrected chi connectivity index (χ2v) is 14.3. The van der Waals surface area contributed by atoms with Crippen molar-refractivity contribution in [3.8, 4) is 0 Å². The predicted molar refractivity (Wildman–Crippen MR) is 83.1 cm³/mol. The van der Waals surface area contributed by atoms with Crippen molar-refractivity contribution in [1.82, 2.24) is 0 Å². The van der Waals surface area contributed by atoms with Crippen LogP contribution in [0.3, 0.4) is 0 Å². The molecule has 0 N–H and O–H groups in total. The fourth-order valence-electron chi connectivity index (χ4n) is 5.68.